The SMILES string of the molecule is CNc1cc(C(=O)NCC2CCCO2)cc(C(C)(C)C)n1. The summed E-state index contributed by atoms with van der Waals surface area (Å²) < 4.78 is 5.52. The predicted molar refractivity (Wildman–Crippen MR) is 83.8 cm³/mol. The standard InChI is InChI=1S/C16H25N3O2/c1-16(2,3)13-8-11(9-14(17-4)19-13)15(20)18-10-12-6-5-7-21-12/h8-9,12H,5-7,10H2,1-4H3,(H,17,19)(H,18,20). The molecule has 1 fully saturated rings. The summed E-state index contributed by atoms with van der Waals surface area (Å²) in [5.41, 5.74) is 1.44. The summed E-state index contributed by atoms with van der Waals surface area (Å²) in [6.07, 6.45) is 2.25. The van der Waals surface area contributed by atoms with Crippen LogP contribution in [0.25, 0.3) is 0 Å². The number of hydrogen-bond acceptors (Lipinski definition) is 4. The van der Waals surface area contributed by atoms with Gasteiger partial charge in [-0.25, -0.2) is 4.98 Å². The van der Waals surface area contributed by atoms with Crippen LogP contribution in [-0.2, 0) is 10.2 Å². The van der Waals surface area contributed by atoms with Gasteiger partial charge in [0.15, 0.2) is 0 Å². The second kappa shape index (κ2) is 6.43. The second-order valence-electron chi connectivity index (χ2n) is 6.47. The van der Waals surface area contributed by atoms with Crippen LogP contribution >= 0.6 is 0 Å². The van der Waals surface area contributed by atoms with Crippen LogP contribution in [0, 0.1) is 0 Å². The molecule has 5 nitrogen and oxygen atoms in total. The second-order valence-corrected chi connectivity index (χ2v) is 6.47. The van der Waals surface area contributed by atoms with Gasteiger partial charge in [0.2, 0.25) is 0 Å². The molecule has 1 amide bonds. The minimum Gasteiger partial charge on any atom is -0.376 e. The summed E-state index contributed by atoms with van der Waals surface area (Å²) >= 11 is 0. The topological polar surface area (TPSA) is 63.2 Å². The van der Waals surface area contributed by atoms with E-state index in [2.05, 4.69) is 36.4 Å². The molecule has 0 bridgehead atoms. The van der Waals surface area contributed by atoms with Gasteiger partial charge in [0.05, 0.1) is 6.10 Å². The van der Waals surface area contributed by atoms with Crippen molar-refractivity contribution in [2.24, 2.45) is 0 Å². The van der Waals surface area contributed by atoms with Crippen molar-refractivity contribution in [1.29, 1.82) is 0 Å². The number of hydrogen-bond donors (Lipinski definition) is 2. The fourth-order valence-electron chi connectivity index (χ4n) is 2.29. The van der Waals surface area contributed by atoms with Gasteiger partial charge in [-0.3, -0.25) is 4.79 Å². The fourth-order valence-corrected chi connectivity index (χ4v) is 2.29. The van der Waals surface area contributed by atoms with Crippen molar-refractivity contribution in [3.63, 3.8) is 0 Å². The fraction of sp³-hybridized carbons (Fsp3) is 0.625. The van der Waals surface area contributed by atoms with E-state index >= 15 is 0 Å². The van der Waals surface area contributed by atoms with E-state index in [0.717, 1.165) is 25.1 Å². The summed E-state index contributed by atoms with van der Waals surface area (Å²) in [4.78, 5) is 16.9. The number of amides is 1. The average molecular weight is 291 g/mol. The third kappa shape index (κ3) is 4.17. The molecule has 1 aromatic rings. The molecule has 1 aliphatic rings. The quantitative estimate of drug-likeness (QED) is 0.893. The van der Waals surface area contributed by atoms with Gasteiger partial charge in [0, 0.05) is 36.9 Å². The predicted octanol–water partition coefficient (Wildman–Crippen LogP) is 2.33. The van der Waals surface area contributed by atoms with E-state index in [1.54, 1.807) is 6.07 Å². The van der Waals surface area contributed by atoms with Crippen molar-refractivity contribution < 1.29 is 9.53 Å². The molecule has 5 heteroatoms. The van der Waals surface area contributed by atoms with Crippen molar-refractivity contribution in [1.82, 2.24) is 10.3 Å². The molecule has 1 aliphatic heterocycles. The lowest BCUT2D eigenvalue weighted by molar-refractivity contribution is 0.0857. The molecule has 0 spiro atoms. The zero-order valence-electron chi connectivity index (χ0n) is 13.3. The smallest absolute Gasteiger partial charge is 0.251 e. The Morgan fingerprint density at radius 1 is 1.43 bits per heavy atom. The van der Waals surface area contributed by atoms with E-state index in [-0.39, 0.29) is 17.4 Å². The molecular formula is C16H25N3O2. The monoisotopic (exact) mass is 291 g/mol. The first kappa shape index (κ1) is 15.8. The third-order valence-corrected chi connectivity index (χ3v) is 3.63. The Labute approximate surface area is 126 Å². The molecule has 0 radical (unpaired) electrons. The van der Waals surface area contributed by atoms with Crippen LogP contribution in [0.5, 0.6) is 0 Å². The number of nitrogens with zero attached hydrogens (tertiary/aromatic N) is 1. The molecule has 1 aromatic heterocycles. The minimum absolute atomic E-state index is 0.0742. The highest BCUT2D eigenvalue weighted by molar-refractivity contribution is 5.95. The summed E-state index contributed by atoms with van der Waals surface area (Å²) in [5.74, 6) is 0.639. The Balaban J connectivity index is 2.11. The van der Waals surface area contributed by atoms with Crippen molar-refractivity contribution in [3.8, 4) is 0 Å². The van der Waals surface area contributed by atoms with Gasteiger partial charge in [-0.2, -0.15) is 0 Å². The summed E-state index contributed by atoms with van der Waals surface area (Å²) in [7, 11) is 1.81. The zero-order valence-corrected chi connectivity index (χ0v) is 13.3. The van der Waals surface area contributed by atoms with Crippen LogP contribution in [0.15, 0.2) is 12.1 Å². The minimum atomic E-state index is -0.101. The molecule has 0 saturated carbocycles. The lowest BCUT2D eigenvalue weighted by Crippen LogP contribution is -2.32. The van der Waals surface area contributed by atoms with E-state index in [0.29, 0.717) is 17.9 Å². The molecule has 0 aromatic carbocycles. The Morgan fingerprint density at radius 3 is 2.76 bits per heavy atom. The lowest BCUT2D eigenvalue weighted by Gasteiger charge is -2.20. The van der Waals surface area contributed by atoms with E-state index in [9.17, 15) is 4.79 Å². The van der Waals surface area contributed by atoms with Crippen LogP contribution in [0.3, 0.4) is 0 Å². The Kier molecular flexibility index (Phi) is 4.83. The molecule has 1 atom stereocenters. The Bertz CT molecular complexity index is 503. The number of anilines is 1. The van der Waals surface area contributed by atoms with Gasteiger partial charge in [-0.05, 0) is 25.0 Å². The van der Waals surface area contributed by atoms with Gasteiger partial charge in [-0.15, -0.1) is 0 Å². The van der Waals surface area contributed by atoms with E-state index in [4.69, 9.17) is 4.74 Å². The molecule has 2 heterocycles. The number of aromatic nitrogens is 1. The molecule has 116 valence electrons. The van der Waals surface area contributed by atoms with E-state index < -0.39 is 0 Å². The van der Waals surface area contributed by atoms with Crippen LogP contribution in [0.1, 0.15) is 49.7 Å². The molecule has 2 rings (SSSR count). The van der Waals surface area contributed by atoms with Gasteiger partial charge in [-0.1, -0.05) is 20.8 Å². The van der Waals surface area contributed by atoms with Gasteiger partial charge in [0.1, 0.15) is 5.82 Å². The van der Waals surface area contributed by atoms with E-state index in [1.807, 2.05) is 13.1 Å². The Morgan fingerprint density at radius 2 is 2.19 bits per heavy atom. The largest absolute Gasteiger partial charge is 0.376 e. The molecule has 2 N–H and O–H groups in total. The highest BCUT2D eigenvalue weighted by Gasteiger charge is 2.20. The summed E-state index contributed by atoms with van der Waals surface area (Å²) in [5, 5.41) is 5.97. The molecule has 1 unspecified atom stereocenters. The molecule has 0 aliphatic carbocycles. The number of pyridine rings is 1. The maximum Gasteiger partial charge on any atom is 0.251 e. The molecule has 21 heavy (non-hydrogen) atoms. The first-order chi connectivity index (χ1) is 9.90. The van der Waals surface area contributed by atoms with Crippen molar-refractivity contribution in [2.45, 2.75) is 45.1 Å². The first-order valence-electron chi connectivity index (χ1n) is 7.50. The normalized spacial score (nSPS) is 18.6. The van der Waals surface area contributed by atoms with Gasteiger partial charge < -0.3 is 15.4 Å². The maximum absolute atomic E-state index is 12.3. The van der Waals surface area contributed by atoms with Crippen LogP contribution in [0.4, 0.5) is 5.82 Å². The highest BCUT2D eigenvalue weighted by atomic mass is 16.5. The number of carbonyl (C=O) groups is 1. The number of ether oxygens (including phenoxy) is 1. The molecular weight excluding hydrogens is 266 g/mol. The first-order valence-corrected chi connectivity index (χ1v) is 7.50. The number of carbonyl (C=O) groups excluding carboxylic acids is 1. The van der Waals surface area contributed by atoms with Gasteiger partial charge >= 0.3 is 0 Å². The zero-order chi connectivity index (χ0) is 15.5. The Hall–Kier alpha value is -1.62. The average Bonchev–Trinajstić information content (AvgIpc) is 2.96. The maximum atomic E-state index is 12.3. The lowest BCUT2D eigenvalue weighted by atomic mass is 9.90. The van der Waals surface area contributed by atoms with Gasteiger partial charge in [0.25, 0.3) is 5.91 Å². The van der Waals surface area contributed by atoms with Crippen LogP contribution in [0.2, 0.25) is 0 Å². The van der Waals surface area contributed by atoms with Crippen molar-refractivity contribution >= 4 is 11.7 Å². The van der Waals surface area contributed by atoms with Crippen molar-refractivity contribution in [2.75, 3.05) is 25.5 Å². The highest BCUT2D eigenvalue weighted by Crippen LogP contribution is 2.23. The van der Waals surface area contributed by atoms with Crippen molar-refractivity contribution in [3.05, 3.63) is 23.4 Å². The van der Waals surface area contributed by atoms with Crippen LogP contribution < -0.4 is 10.6 Å². The summed E-state index contributed by atoms with van der Waals surface area (Å²) in [6, 6.07) is 3.64. The number of rotatable bonds is 4. The molecule has 1 saturated heterocycles. The van der Waals surface area contributed by atoms with E-state index in [1.165, 1.54) is 0 Å². The number of nitrogens with one attached hydrogen (secondary N) is 2. The van der Waals surface area contributed by atoms with Crippen LogP contribution in [-0.4, -0.2) is 37.2 Å². The summed E-state index contributed by atoms with van der Waals surface area (Å²) in [6.45, 7) is 7.63. The third-order valence-electron chi connectivity index (χ3n) is 3.63.